The van der Waals surface area contributed by atoms with Crippen LogP contribution >= 0.6 is 11.3 Å². The molecule has 0 spiro atoms. The van der Waals surface area contributed by atoms with Gasteiger partial charge in [0.05, 0.1) is 41.8 Å². The monoisotopic (exact) mass is 898 g/mol. The van der Waals surface area contributed by atoms with E-state index in [1.807, 2.05) is 69.4 Å². The van der Waals surface area contributed by atoms with E-state index >= 15 is 0 Å². The summed E-state index contributed by atoms with van der Waals surface area (Å²) in [7, 11) is 0. The van der Waals surface area contributed by atoms with Crippen molar-refractivity contribution in [2.75, 3.05) is 10.6 Å². The number of nitrogens with zero attached hydrogens (tertiary/aromatic N) is 2. The summed E-state index contributed by atoms with van der Waals surface area (Å²) in [6, 6.07) is 36.5. The fourth-order valence-corrected chi connectivity index (χ4v) is 9.85. The molecule has 8 aromatic carbocycles. The lowest BCUT2D eigenvalue weighted by molar-refractivity contribution is 0.483. The molecular formula is C61H52N4OS. The second-order valence-electron chi connectivity index (χ2n) is 18.7. The first kappa shape index (κ1) is 32.1. The molecule has 0 aliphatic carbocycles. The summed E-state index contributed by atoms with van der Waals surface area (Å²) in [5, 5.41) is 11.5. The van der Waals surface area contributed by atoms with Crippen molar-refractivity contribution in [3.8, 4) is 39.6 Å². The van der Waals surface area contributed by atoms with Crippen LogP contribution in [0.3, 0.4) is 0 Å². The Kier molecular flexibility index (Phi) is 7.97. The van der Waals surface area contributed by atoms with Crippen LogP contribution in [0.15, 0.2) is 194 Å². The van der Waals surface area contributed by atoms with Crippen LogP contribution in [-0.2, 0) is 10.8 Å². The molecule has 0 bridgehead atoms. The van der Waals surface area contributed by atoms with Crippen molar-refractivity contribution in [1.29, 1.82) is 0 Å². The Bertz CT molecular complexity index is 4100. The third-order valence-electron chi connectivity index (χ3n) is 12.2. The number of ether oxygens (including phenoxy) is 1. The van der Waals surface area contributed by atoms with Crippen molar-refractivity contribution < 1.29 is 18.4 Å². The minimum Gasteiger partial charge on any atom is -0.457 e. The van der Waals surface area contributed by atoms with Gasteiger partial charge in [0, 0.05) is 66.1 Å². The van der Waals surface area contributed by atoms with Crippen LogP contribution in [0, 0.1) is 0 Å². The quantitative estimate of drug-likeness (QED) is 0.152. The Hall–Kier alpha value is -7.67. The molecule has 328 valence electrons. The number of aromatic nitrogens is 2. The Morgan fingerprint density at radius 1 is 0.552 bits per heavy atom. The highest BCUT2D eigenvalue weighted by Gasteiger charge is 2.24. The molecule has 5 nitrogen and oxygen atoms in total. The molecule has 2 N–H and O–H groups in total. The third-order valence-corrected chi connectivity index (χ3v) is 13.3. The number of para-hydroxylation sites is 2. The van der Waals surface area contributed by atoms with Gasteiger partial charge in [0.1, 0.15) is 17.3 Å². The Balaban J connectivity index is 1.02. The highest BCUT2D eigenvalue weighted by atomic mass is 32.1. The van der Waals surface area contributed by atoms with Crippen LogP contribution in [-0.4, -0.2) is 9.55 Å². The lowest BCUT2D eigenvalue weighted by Crippen LogP contribution is -2.12. The summed E-state index contributed by atoms with van der Waals surface area (Å²) in [5.74, 6) is 1.96. The molecule has 3 heterocycles. The van der Waals surface area contributed by atoms with Crippen LogP contribution in [0.4, 0.5) is 22.7 Å². The second-order valence-corrected chi connectivity index (χ2v) is 19.8. The molecule has 0 unspecified atom stereocenters. The van der Waals surface area contributed by atoms with Gasteiger partial charge in [-0.3, -0.25) is 4.57 Å². The molecule has 0 aliphatic heterocycles. The SMILES string of the molecule is [2H]c1c([2H])c([2H])c(-c2cc(C(C)(C)C)cc(-c3c([2H])c([2H])c([2H])c([2H])c3[2H])c2Nc2ccccc2Nc2cccc(Oc3ccc4c5ccc6sc7ccccc7c6c5n(-c5cc(C(C)(C)C)ccn5)c4c3)c2)c([2H])c1[2H]. The Morgan fingerprint density at radius 2 is 1.19 bits per heavy atom. The number of hydrogen-bond acceptors (Lipinski definition) is 5. The average Bonchev–Trinajstić information content (AvgIpc) is 3.98. The van der Waals surface area contributed by atoms with Gasteiger partial charge in [0.2, 0.25) is 0 Å². The van der Waals surface area contributed by atoms with E-state index in [0.717, 1.165) is 33.2 Å². The highest BCUT2D eigenvalue weighted by Crippen LogP contribution is 2.46. The van der Waals surface area contributed by atoms with Gasteiger partial charge in [-0.15, -0.1) is 11.3 Å². The van der Waals surface area contributed by atoms with E-state index in [1.54, 1.807) is 35.6 Å². The first-order chi connectivity index (χ1) is 36.6. The smallest absolute Gasteiger partial charge is 0.137 e. The number of pyridine rings is 1. The zero-order chi connectivity index (χ0) is 54.6. The molecule has 0 aliphatic rings. The lowest BCUT2D eigenvalue weighted by atomic mass is 9.82. The zero-order valence-electron chi connectivity index (χ0n) is 47.9. The number of hydrogen-bond donors (Lipinski definition) is 2. The van der Waals surface area contributed by atoms with E-state index in [-0.39, 0.29) is 33.4 Å². The van der Waals surface area contributed by atoms with Crippen molar-refractivity contribution in [3.05, 3.63) is 205 Å². The molecule has 0 saturated heterocycles. The van der Waals surface area contributed by atoms with Gasteiger partial charge in [0.15, 0.2) is 0 Å². The standard InChI is InChI=1S/C61H52N4OS/c1-60(2,3)41-32-33-62-56(36-41)65-53-38-45(28-29-46(53)47-30-31-55-57(59(47)65)48-24-13-16-27-54(48)67-55)66-44-23-17-22-43(37-44)63-51-25-14-15-26-52(51)64-58-49(39-18-9-7-10-19-39)34-42(61(4,5)6)35-50(58)40-20-11-8-12-21-40/h7-38,63-64H,1-6H3/i7D,8D,9D,10D,11D,12D,18D,19D,20D,21D. The van der Waals surface area contributed by atoms with Gasteiger partial charge in [-0.2, -0.15) is 0 Å². The summed E-state index contributed by atoms with van der Waals surface area (Å²) in [6.07, 6.45) is 1.88. The zero-order valence-corrected chi connectivity index (χ0v) is 38.7. The summed E-state index contributed by atoms with van der Waals surface area (Å²) in [5.41, 5.74) is 5.08. The fourth-order valence-electron chi connectivity index (χ4n) is 8.74. The number of nitrogens with one attached hydrogen (secondary N) is 2. The molecule has 0 fully saturated rings. The minimum atomic E-state index is -0.610. The van der Waals surface area contributed by atoms with Crippen molar-refractivity contribution in [2.24, 2.45) is 0 Å². The Labute approximate surface area is 410 Å². The largest absolute Gasteiger partial charge is 0.457 e. The maximum atomic E-state index is 9.13. The van der Waals surface area contributed by atoms with Gasteiger partial charge in [0.25, 0.3) is 0 Å². The summed E-state index contributed by atoms with van der Waals surface area (Å²) >= 11 is 1.78. The molecular weight excluding hydrogens is 837 g/mol. The fraction of sp³-hybridized carbons (Fsp3) is 0.131. The topological polar surface area (TPSA) is 51.1 Å². The maximum Gasteiger partial charge on any atom is 0.137 e. The van der Waals surface area contributed by atoms with E-state index in [4.69, 9.17) is 23.4 Å². The summed E-state index contributed by atoms with van der Waals surface area (Å²) in [4.78, 5) is 4.99. The number of rotatable bonds is 9. The maximum absolute atomic E-state index is 9.13. The van der Waals surface area contributed by atoms with Crippen molar-refractivity contribution >= 4 is 76.1 Å². The molecule has 67 heavy (non-hydrogen) atoms. The number of fused-ring (bicyclic) bond motifs is 7. The van der Waals surface area contributed by atoms with Crippen LogP contribution in [0.25, 0.3) is 70.0 Å². The lowest BCUT2D eigenvalue weighted by Gasteiger charge is -2.26. The van der Waals surface area contributed by atoms with Crippen LogP contribution in [0.5, 0.6) is 11.5 Å². The van der Waals surface area contributed by atoms with Crippen molar-refractivity contribution in [1.82, 2.24) is 9.55 Å². The van der Waals surface area contributed by atoms with Crippen LogP contribution in [0.2, 0.25) is 0 Å². The molecule has 11 rings (SSSR count). The molecule has 0 atom stereocenters. The molecule has 0 saturated carbocycles. The van der Waals surface area contributed by atoms with Gasteiger partial charge in [-0.05, 0) is 106 Å². The predicted octanol–water partition coefficient (Wildman–Crippen LogP) is 17.8. The predicted molar refractivity (Wildman–Crippen MR) is 286 cm³/mol. The summed E-state index contributed by atoms with van der Waals surface area (Å²) < 4.78 is 99.3. The van der Waals surface area contributed by atoms with E-state index < -0.39 is 65.8 Å². The van der Waals surface area contributed by atoms with Crippen molar-refractivity contribution in [3.63, 3.8) is 0 Å². The normalized spacial score (nSPS) is 14.1. The minimum absolute atomic E-state index is 0.114. The second kappa shape index (κ2) is 16.6. The Morgan fingerprint density at radius 3 is 1.90 bits per heavy atom. The van der Waals surface area contributed by atoms with Crippen molar-refractivity contribution in [2.45, 2.75) is 52.4 Å². The number of thiophene rings is 1. The molecule has 0 radical (unpaired) electrons. The van der Waals surface area contributed by atoms with E-state index in [2.05, 4.69) is 96.6 Å². The highest BCUT2D eigenvalue weighted by molar-refractivity contribution is 7.26. The molecule has 0 amide bonds. The third kappa shape index (κ3) is 7.98. The molecule has 11 aromatic rings. The first-order valence-corrected chi connectivity index (χ1v) is 23.0. The van der Waals surface area contributed by atoms with Gasteiger partial charge in [-0.1, -0.05) is 144 Å². The summed E-state index contributed by atoms with van der Waals surface area (Å²) in [6.45, 7) is 12.4. The average molecular weight is 899 g/mol. The van der Waals surface area contributed by atoms with Crippen LogP contribution < -0.4 is 15.4 Å². The van der Waals surface area contributed by atoms with E-state index in [9.17, 15) is 0 Å². The van der Waals surface area contributed by atoms with E-state index in [0.29, 0.717) is 34.1 Å². The van der Waals surface area contributed by atoms with Gasteiger partial charge in [-0.25, -0.2) is 4.98 Å². The van der Waals surface area contributed by atoms with Crippen LogP contribution in [0.1, 0.15) is 66.4 Å². The van der Waals surface area contributed by atoms with Gasteiger partial charge < -0.3 is 15.4 Å². The van der Waals surface area contributed by atoms with E-state index in [1.165, 1.54) is 20.2 Å². The number of anilines is 4. The molecule has 3 aromatic heterocycles. The number of benzene rings is 8. The first-order valence-electron chi connectivity index (χ1n) is 27.2. The molecule has 6 heteroatoms. The van der Waals surface area contributed by atoms with Gasteiger partial charge >= 0.3 is 0 Å².